The monoisotopic (exact) mass is 319 g/mol. The predicted octanol–water partition coefficient (Wildman–Crippen LogP) is 4.05. The number of nitrogens with zero attached hydrogens (tertiary/aromatic N) is 1. The fraction of sp³-hybridized carbons (Fsp3) is 0.273. The molecule has 2 aromatic rings. The maximum Gasteiger partial charge on any atom is 0.0931 e. The molecule has 0 heterocycles. The Balaban J connectivity index is 2.02. The van der Waals surface area contributed by atoms with E-state index in [0.717, 1.165) is 6.54 Å². The van der Waals surface area contributed by atoms with Crippen molar-refractivity contribution in [1.82, 2.24) is 4.90 Å². The quantitative estimate of drug-likeness (QED) is 0.796. The fourth-order valence-corrected chi connectivity index (χ4v) is 3.28. The molecule has 1 unspecified atom stereocenters. The first-order valence-corrected chi connectivity index (χ1v) is 8.47. The average Bonchev–Trinajstić information content (AvgIpc) is 2.63. The minimum Gasteiger partial charge on any atom is -0.371 e. The summed E-state index contributed by atoms with van der Waals surface area (Å²) in [5, 5.41) is 0. The second-order valence-corrected chi connectivity index (χ2v) is 6.44. The number of rotatable bonds is 6. The molecule has 0 saturated carbocycles. The van der Waals surface area contributed by atoms with Crippen molar-refractivity contribution in [1.29, 1.82) is 0 Å². The van der Waals surface area contributed by atoms with Crippen molar-refractivity contribution >= 4 is 0 Å². The van der Waals surface area contributed by atoms with Crippen LogP contribution in [0.2, 0.25) is 0 Å². The van der Waals surface area contributed by atoms with Gasteiger partial charge in [-0.25, -0.2) is 0 Å². The number of likely N-dealkylation sites (N-methyl/N-ethyl adjacent to an activating group) is 1. The molecule has 3 rings (SSSR count). The molecule has 0 spiro atoms. The van der Waals surface area contributed by atoms with E-state index in [1.807, 2.05) is 0 Å². The van der Waals surface area contributed by atoms with Gasteiger partial charge >= 0.3 is 0 Å². The second-order valence-electron chi connectivity index (χ2n) is 6.44. The zero-order valence-corrected chi connectivity index (χ0v) is 14.4. The fourth-order valence-electron chi connectivity index (χ4n) is 3.28. The van der Waals surface area contributed by atoms with E-state index in [1.54, 1.807) is 0 Å². The van der Waals surface area contributed by atoms with Crippen molar-refractivity contribution in [2.24, 2.45) is 0 Å². The van der Waals surface area contributed by atoms with Crippen LogP contribution in [0.1, 0.15) is 11.1 Å². The lowest BCUT2D eigenvalue weighted by atomic mass is 9.68. The molecule has 0 amide bonds. The maximum atomic E-state index is 6.34. The Kier molecular flexibility index (Phi) is 5.29. The van der Waals surface area contributed by atoms with Gasteiger partial charge in [-0.3, -0.25) is 0 Å². The zero-order valence-electron chi connectivity index (χ0n) is 14.4. The standard InChI is InChI=1S/C22H25NO/c1-23(2)17-18-24-21-15-9-10-16-22(21,19-11-5-3-6-12-19)20-13-7-4-8-14-20/h3-16,21H,17-18H2,1-2H3. The third kappa shape index (κ3) is 3.35. The highest BCUT2D eigenvalue weighted by Gasteiger charge is 2.40. The molecule has 1 aliphatic rings. The summed E-state index contributed by atoms with van der Waals surface area (Å²) in [4.78, 5) is 2.15. The summed E-state index contributed by atoms with van der Waals surface area (Å²) >= 11 is 0. The summed E-state index contributed by atoms with van der Waals surface area (Å²) in [7, 11) is 4.14. The van der Waals surface area contributed by atoms with Gasteiger partial charge in [-0.05, 0) is 25.2 Å². The van der Waals surface area contributed by atoms with E-state index in [1.165, 1.54) is 11.1 Å². The summed E-state index contributed by atoms with van der Waals surface area (Å²) in [5.41, 5.74) is 2.22. The van der Waals surface area contributed by atoms with E-state index in [9.17, 15) is 0 Å². The first-order chi connectivity index (χ1) is 11.7. The molecule has 0 aromatic heterocycles. The molecule has 2 nitrogen and oxygen atoms in total. The van der Waals surface area contributed by atoms with E-state index < -0.39 is 0 Å². The molecule has 24 heavy (non-hydrogen) atoms. The molecule has 124 valence electrons. The second kappa shape index (κ2) is 7.61. The Morgan fingerprint density at radius 2 is 1.46 bits per heavy atom. The topological polar surface area (TPSA) is 12.5 Å². The number of allylic oxidation sites excluding steroid dienone is 2. The van der Waals surface area contributed by atoms with Crippen molar-refractivity contribution in [2.75, 3.05) is 27.2 Å². The number of benzene rings is 2. The van der Waals surface area contributed by atoms with Gasteiger partial charge < -0.3 is 9.64 Å². The van der Waals surface area contributed by atoms with Crippen molar-refractivity contribution < 1.29 is 4.74 Å². The van der Waals surface area contributed by atoms with Gasteiger partial charge in [0.25, 0.3) is 0 Å². The third-order valence-corrected chi connectivity index (χ3v) is 4.54. The van der Waals surface area contributed by atoms with Crippen molar-refractivity contribution in [2.45, 2.75) is 11.5 Å². The number of hydrogen-bond acceptors (Lipinski definition) is 2. The van der Waals surface area contributed by atoms with Crippen molar-refractivity contribution in [3.05, 3.63) is 96.1 Å². The van der Waals surface area contributed by atoms with E-state index in [0.29, 0.717) is 6.61 Å². The maximum absolute atomic E-state index is 6.34. The lowest BCUT2D eigenvalue weighted by Crippen LogP contribution is -2.41. The Hall–Kier alpha value is -2.16. The van der Waals surface area contributed by atoms with E-state index in [-0.39, 0.29) is 11.5 Å². The normalized spacial score (nSPS) is 18.9. The smallest absolute Gasteiger partial charge is 0.0931 e. The lowest BCUT2D eigenvalue weighted by Gasteiger charge is -2.39. The first-order valence-electron chi connectivity index (χ1n) is 8.47. The molecule has 0 radical (unpaired) electrons. The number of ether oxygens (including phenoxy) is 1. The van der Waals surface area contributed by atoms with Crippen LogP contribution in [0.3, 0.4) is 0 Å². The Bertz CT molecular complexity index is 649. The summed E-state index contributed by atoms with van der Waals surface area (Å²) in [5.74, 6) is 0. The molecule has 1 aliphatic carbocycles. The SMILES string of the molecule is CN(C)CCOC1C=CC=CC1(c1ccccc1)c1ccccc1. The van der Waals surface area contributed by atoms with Gasteiger partial charge in [-0.1, -0.05) is 85.0 Å². The molecule has 0 bridgehead atoms. The minimum atomic E-state index is -0.288. The molecule has 1 atom stereocenters. The van der Waals surface area contributed by atoms with Crippen LogP contribution in [0.4, 0.5) is 0 Å². The van der Waals surface area contributed by atoms with Gasteiger partial charge in [0.05, 0.1) is 18.1 Å². The van der Waals surface area contributed by atoms with Gasteiger partial charge in [-0.15, -0.1) is 0 Å². The minimum absolute atomic E-state index is 0.0211. The summed E-state index contributed by atoms with van der Waals surface area (Å²) in [6.45, 7) is 1.62. The van der Waals surface area contributed by atoms with Crippen LogP contribution in [-0.2, 0) is 10.2 Å². The van der Waals surface area contributed by atoms with Gasteiger partial charge in [0.2, 0.25) is 0 Å². The third-order valence-electron chi connectivity index (χ3n) is 4.54. The van der Waals surface area contributed by atoms with Gasteiger partial charge in [0.15, 0.2) is 0 Å². The number of hydrogen-bond donors (Lipinski definition) is 0. The van der Waals surface area contributed by atoms with Crippen LogP contribution >= 0.6 is 0 Å². The van der Waals surface area contributed by atoms with Gasteiger partial charge in [-0.2, -0.15) is 0 Å². The highest BCUT2D eigenvalue weighted by Crippen LogP contribution is 2.41. The first kappa shape index (κ1) is 16.7. The average molecular weight is 319 g/mol. The Morgan fingerprint density at radius 3 is 2.00 bits per heavy atom. The van der Waals surface area contributed by atoms with Crippen LogP contribution in [-0.4, -0.2) is 38.3 Å². The molecule has 0 aliphatic heterocycles. The molecule has 0 fully saturated rings. The van der Waals surface area contributed by atoms with Gasteiger partial charge in [0.1, 0.15) is 0 Å². The molecular weight excluding hydrogens is 294 g/mol. The van der Waals surface area contributed by atoms with E-state index >= 15 is 0 Å². The lowest BCUT2D eigenvalue weighted by molar-refractivity contribution is 0.0451. The Labute approximate surface area is 145 Å². The van der Waals surface area contributed by atoms with E-state index in [2.05, 4.69) is 104 Å². The highest BCUT2D eigenvalue weighted by molar-refractivity contribution is 5.50. The molecule has 2 aromatic carbocycles. The summed E-state index contributed by atoms with van der Waals surface area (Å²) < 4.78 is 6.34. The van der Waals surface area contributed by atoms with Crippen LogP contribution in [0, 0.1) is 0 Å². The van der Waals surface area contributed by atoms with Crippen LogP contribution in [0.15, 0.2) is 85.0 Å². The van der Waals surface area contributed by atoms with E-state index in [4.69, 9.17) is 4.74 Å². The largest absolute Gasteiger partial charge is 0.371 e. The molecule has 0 saturated heterocycles. The van der Waals surface area contributed by atoms with Crippen molar-refractivity contribution in [3.63, 3.8) is 0 Å². The molecular formula is C22H25NO. The van der Waals surface area contributed by atoms with Gasteiger partial charge in [0, 0.05) is 6.54 Å². The van der Waals surface area contributed by atoms with Crippen LogP contribution in [0.5, 0.6) is 0 Å². The molecule has 2 heteroatoms. The summed E-state index contributed by atoms with van der Waals surface area (Å²) in [6, 6.07) is 21.3. The predicted molar refractivity (Wildman–Crippen MR) is 100 cm³/mol. The Morgan fingerprint density at radius 1 is 0.875 bits per heavy atom. The van der Waals surface area contributed by atoms with Crippen molar-refractivity contribution in [3.8, 4) is 0 Å². The zero-order chi connectivity index (χ0) is 16.8. The van der Waals surface area contributed by atoms with Crippen LogP contribution in [0.25, 0.3) is 0 Å². The molecule has 0 N–H and O–H groups in total. The highest BCUT2D eigenvalue weighted by atomic mass is 16.5. The summed E-state index contributed by atoms with van der Waals surface area (Å²) in [6.07, 6.45) is 8.65. The van der Waals surface area contributed by atoms with Crippen LogP contribution < -0.4 is 0 Å².